The van der Waals surface area contributed by atoms with Crippen LogP contribution in [-0.4, -0.2) is 33.0 Å². The molecule has 27 heavy (non-hydrogen) atoms. The summed E-state index contributed by atoms with van der Waals surface area (Å²) in [5, 5.41) is 12.3. The first-order valence-electron chi connectivity index (χ1n) is 9.68. The summed E-state index contributed by atoms with van der Waals surface area (Å²) < 4.78 is 7.51. The van der Waals surface area contributed by atoms with E-state index in [0.717, 1.165) is 18.1 Å². The summed E-state index contributed by atoms with van der Waals surface area (Å²) >= 11 is 1.42. The highest BCUT2D eigenvalue weighted by Gasteiger charge is 2.18. The number of rotatable bonds is 9. The van der Waals surface area contributed by atoms with E-state index in [1.165, 1.54) is 43.0 Å². The largest absolute Gasteiger partial charge is 0.461 e. The van der Waals surface area contributed by atoms with E-state index in [4.69, 9.17) is 4.42 Å². The first-order chi connectivity index (χ1) is 13.1. The van der Waals surface area contributed by atoms with Gasteiger partial charge in [0, 0.05) is 13.1 Å². The molecule has 0 atom stereocenters. The van der Waals surface area contributed by atoms with Crippen LogP contribution in [0.3, 0.4) is 0 Å². The molecule has 1 aliphatic rings. The summed E-state index contributed by atoms with van der Waals surface area (Å²) in [5.41, 5.74) is 1.48. The third kappa shape index (κ3) is 5.73. The van der Waals surface area contributed by atoms with Crippen molar-refractivity contribution in [1.29, 1.82) is 0 Å². The molecule has 0 spiro atoms. The lowest BCUT2D eigenvalue weighted by Crippen LogP contribution is -2.26. The molecule has 1 amide bonds. The Hall–Kier alpha value is -2.02. The van der Waals surface area contributed by atoms with Crippen LogP contribution in [-0.2, 0) is 11.3 Å². The van der Waals surface area contributed by atoms with Crippen LogP contribution in [0.1, 0.15) is 46.0 Å². The Balaban J connectivity index is 1.53. The lowest BCUT2D eigenvalue weighted by Gasteiger charge is -2.13. The van der Waals surface area contributed by atoms with E-state index in [9.17, 15) is 4.79 Å². The Morgan fingerprint density at radius 1 is 1.37 bits per heavy atom. The monoisotopic (exact) mass is 388 g/mol. The van der Waals surface area contributed by atoms with Crippen LogP contribution < -0.4 is 5.32 Å². The summed E-state index contributed by atoms with van der Waals surface area (Å²) in [6.07, 6.45) is 9.85. The Labute approximate surface area is 164 Å². The van der Waals surface area contributed by atoms with Gasteiger partial charge in [0.05, 0.1) is 12.0 Å². The fourth-order valence-electron chi connectivity index (χ4n) is 3.19. The van der Waals surface area contributed by atoms with Crippen molar-refractivity contribution in [2.45, 2.75) is 57.7 Å². The molecule has 7 heteroatoms. The number of carbonyl (C=O) groups excluding carboxylic acids is 1. The molecule has 0 aliphatic heterocycles. The van der Waals surface area contributed by atoms with E-state index < -0.39 is 0 Å². The highest BCUT2D eigenvalue weighted by atomic mass is 32.2. The summed E-state index contributed by atoms with van der Waals surface area (Å²) in [6, 6.07) is 3.72. The zero-order chi connectivity index (χ0) is 19.1. The third-order valence-electron chi connectivity index (χ3n) is 4.49. The molecule has 0 saturated heterocycles. The van der Waals surface area contributed by atoms with Gasteiger partial charge in [0.1, 0.15) is 0 Å². The van der Waals surface area contributed by atoms with Gasteiger partial charge < -0.3 is 9.73 Å². The zero-order valence-corrected chi connectivity index (χ0v) is 16.9. The van der Waals surface area contributed by atoms with E-state index in [1.807, 2.05) is 16.7 Å². The van der Waals surface area contributed by atoms with Gasteiger partial charge in [-0.3, -0.25) is 9.36 Å². The number of aromatic nitrogens is 3. The first kappa shape index (κ1) is 19.7. The van der Waals surface area contributed by atoms with Gasteiger partial charge in [-0.1, -0.05) is 37.3 Å². The lowest BCUT2D eigenvalue weighted by molar-refractivity contribution is -0.118. The quantitative estimate of drug-likeness (QED) is 0.512. The number of allylic oxidation sites excluding steroid dienone is 1. The SMILES string of the molecule is CC(C)Cn1c(SCC(=O)NCCC2=CCCCC2)nnc1-c1ccco1. The van der Waals surface area contributed by atoms with E-state index in [1.54, 1.807) is 6.26 Å². The summed E-state index contributed by atoms with van der Waals surface area (Å²) in [4.78, 5) is 12.2. The van der Waals surface area contributed by atoms with Gasteiger partial charge in [-0.05, 0) is 50.2 Å². The van der Waals surface area contributed by atoms with Gasteiger partial charge in [0.15, 0.2) is 16.7 Å². The second-order valence-electron chi connectivity index (χ2n) is 7.28. The number of hydrogen-bond acceptors (Lipinski definition) is 5. The van der Waals surface area contributed by atoms with Crippen LogP contribution in [0.2, 0.25) is 0 Å². The molecule has 0 saturated carbocycles. The first-order valence-corrected chi connectivity index (χ1v) is 10.7. The number of nitrogens with zero attached hydrogens (tertiary/aromatic N) is 3. The van der Waals surface area contributed by atoms with E-state index >= 15 is 0 Å². The van der Waals surface area contributed by atoms with Gasteiger partial charge in [-0.2, -0.15) is 0 Å². The van der Waals surface area contributed by atoms with Crippen molar-refractivity contribution < 1.29 is 9.21 Å². The number of amides is 1. The Morgan fingerprint density at radius 3 is 2.96 bits per heavy atom. The van der Waals surface area contributed by atoms with E-state index in [0.29, 0.717) is 29.8 Å². The van der Waals surface area contributed by atoms with Crippen LogP contribution in [0.15, 0.2) is 39.6 Å². The molecule has 0 aromatic carbocycles. The number of hydrogen-bond donors (Lipinski definition) is 1. The van der Waals surface area contributed by atoms with Crippen LogP contribution in [0, 0.1) is 5.92 Å². The molecule has 0 unspecified atom stereocenters. The molecule has 0 fully saturated rings. The highest BCUT2D eigenvalue weighted by molar-refractivity contribution is 7.99. The predicted octanol–water partition coefficient (Wildman–Crippen LogP) is 4.29. The minimum Gasteiger partial charge on any atom is -0.461 e. The molecule has 1 aliphatic carbocycles. The van der Waals surface area contributed by atoms with Gasteiger partial charge in [-0.25, -0.2) is 0 Å². The van der Waals surface area contributed by atoms with Crippen molar-refractivity contribution in [3.63, 3.8) is 0 Å². The summed E-state index contributed by atoms with van der Waals surface area (Å²) in [6.45, 7) is 5.78. The maximum Gasteiger partial charge on any atom is 0.230 e. The molecule has 1 N–H and O–H groups in total. The average Bonchev–Trinajstić information content (AvgIpc) is 3.30. The molecule has 0 radical (unpaired) electrons. The number of thioether (sulfide) groups is 1. The number of carbonyl (C=O) groups is 1. The van der Waals surface area contributed by atoms with Crippen LogP contribution >= 0.6 is 11.8 Å². The normalized spacial score (nSPS) is 14.4. The summed E-state index contributed by atoms with van der Waals surface area (Å²) in [7, 11) is 0. The smallest absolute Gasteiger partial charge is 0.230 e. The maximum atomic E-state index is 12.2. The van der Waals surface area contributed by atoms with Gasteiger partial charge in [0.25, 0.3) is 0 Å². The Kier molecular flexibility index (Phi) is 7.15. The topological polar surface area (TPSA) is 73.0 Å². The second-order valence-corrected chi connectivity index (χ2v) is 8.23. The molecular weight excluding hydrogens is 360 g/mol. The van der Waals surface area contributed by atoms with Crippen LogP contribution in [0.5, 0.6) is 0 Å². The van der Waals surface area contributed by atoms with Crippen molar-refractivity contribution in [3.05, 3.63) is 30.0 Å². The van der Waals surface area contributed by atoms with Crippen molar-refractivity contribution in [2.24, 2.45) is 5.92 Å². The third-order valence-corrected chi connectivity index (χ3v) is 5.46. The molecular formula is C20H28N4O2S. The minimum absolute atomic E-state index is 0.0371. The molecule has 0 bridgehead atoms. The van der Waals surface area contributed by atoms with E-state index in [2.05, 4.69) is 35.4 Å². The number of furan rings is 1. The Bertz CT molecular complexity index is 765. The average molecular weight is 389 g/mol. The molecule has 146 valence electrons. The molecule has 2 aromatic heterocycles. The number of nitrogens with one attached hydrogen (secondary N) is 1. The lowest BCUT2D eigenvalue weighted by atomic mass is 9.97. The molecule has 3 rings (SSSR count). The molecule has 2 heterocycles. The van der Waals surface area contributed by atoms with Crippen molar-refractivity contribution in [3.8, 4) is 11.6 Å². The molecule has 6 nitrogen and oxygen atoms in total. The molecule has 2 aromatic rings. The van der Waals surface area contributed by atoms with Gasteiger partial charge >= 0.3 is 0 Å². The maximum absolute atomic E-state index is 12.2. The van der Waals surface area contributed by atoms with Gasteiger partial charge in [0.2, 0.25) is 5.91 Å². The minimum atomic E-state index is 0.0371. The predicted molar refractivity (Wildman–Crippen MR) is 107 cm³/mol. The second kappa shape index (κ2) is 9.78. The van der Waals surface area contributed by atoms with Crippen molar-refractivity contribution in [1.82, 2.24) is 20.1 Å². The highest BCUT2D eigenvalue weighted by Crippen LogP contribution is 2.25. The van der Waals surface area contributed by atoms with E-state index in [-0.39, 0.29) is 5.91 Å². The van der Waals surface area contributed by atoms with Crippen molar-refractivity contribution >= 4 is 17.7 Å². The zero-order valence-electron chi connectivity index (χ0n) is 16.1. The van der Waals surface area contributed by atoms with Crippen molar-refractivity contribution in [2.75, 3.05) is 12.3 Å². The summed E-state index contributed by atoms with van der Waals surface area (Å²) in [5.74, 6) is 2.22. The fraction of sp³-hybridized carbons (Fsp3) is 0.550. The van der Waals surface area contributed by atoms with Crippen LogP contribution in [0.25, 0.3) is 11.6 Å². The standard InChI is InChI=1S/C20H28N4O2S/c1-15(2)13-24-19(17-9-6-12-26-17)22-23-20(24)27-14-18(25)21-11-10-16-7-4-3-5-8-16/h6-7,9,12,15H,3-5,8,10-11,13-14H2,1-2H3,(H,21,25). The van der Waals surface area contributed by atoms with Gasteiger partial charge in [-0.15, -0.1) is 10.2 Å². The fourth-order valence-corrected chi connectivity index (χ4v) is 3.97. The van der Waals surface area contributed by atoms with Crippen LogP contribution in [0.4, 0.5) is 0 Å². The Morgan fingerprint density at radius 2 is 2.26 bits per heavy atom.